The van der Waals surface area contributed by atoms with Crippen molar-refractivity contribution in [2.24, 2.45) is 28.4 Å². The zero-order chi connectivity index (χ0) is 21.4. The van der Waals surface area contributed by atoms with Crippen molar-refractivity contribution in [2.45, 2.75) is 58.2 Å². The molecule has 6 atom stereocenters. The Morgan fingerprint density at radius 1 is 1.40 bits per heavy atom. The molecule has 0 spiro atoms. The van der Waals surface area contributed by atoms with E-state index in [4.69, 9.17) is 15.2 Å². The van der Waals surface area contributed by atoms with E-state index < -0.39 is 29.6 Å². The van der Waals surface area contributed by atoms with E-state index in [1.807, 2.05) is 13.0 Å². The molecule has 0 aromatic rings. The number of allylic oxidation sites excluding steroid dienone is 2. The van der Waals surface area contributed by atoms with Crippen LogP contribution in [0.25, 0.3) is 0 Å². The lowest BCUT2D eigenvalue weighted by Gasteiger charge is -2.59. The number of hydrogen-bond donors (Lipinski definition) is 3. The number of hydrogen-bond acceptors (Lipinski definition) is 7. The first-order chi connectivity index (χ1) is 13.7. The Balaban J connectivity index is 0.00000320. The van der Waals surface area contributed by atoms with Gasteiger partial charge < -0.3 is 25.4 Å². The first kappa shape index (κ1) is 24.9. The summed E-state index contributed by atoms with van der Waals surface area (Å²) < 4.78 is 10.3. The maximum atomic E-state index is 12.2. The van der Waals surface area contributed by atoms with Crippen molar-refractivity contribution in [2.75, 3.05) is 19.8 Å². The largest absolute Gasteiger partial charge is 0.458 e. The molecular formula is C22H34ClNO6. The number of rotatable bonds is 5. The molecule has 8 heteroatoms. The molecule has 0 aromatic heterocycles. The minimum absolute atomic E-state index is 0. The fraction of sp³-hybridized carbons (Fsp3) is 0.727. The van der Waals surface area contributed by atoms with Crippen molar-refractivity contribution in [1.82, 2.24) is 0 Å². The maximum Gasteiger partial charge on any atom is 0.337 e. The summed E-state index contributed by atoms with van der Waals surface area (Å²) in [4.78, 5) is 23.7. The average Bonchev–Trinajstić information content (AvgIpc) is 3.03. The van der Waals surface area contributed by atoms with Gasteiger partial charge in [0.25, 0.3) is 0 Å². The average molecular weight is 444 g/mol. The van der Waals surface area contributed by atoms with Gasteiger partial charge in [-0.15, -0.1) is 12.4 Å². The van der Waals surface area contributed by atoms with Crippen LogP contribution in [0.3, 0.4) is 0 Å². The van der Waals surface area contributed by atoms with Gasteiger partial charge in [0.15, 0.2) is 6.10 Å². The first-order valence-corrected chi connectivity index (χ1v) is 10.4. The summed E-state index contributed by atoms with van der Waals surface area (Å²) in [6.07, 6.45) is 4.30. The number of cyclic esters (lactones) is 1. The summed E-state index contributed by atoms with van der Waals surface area (Å²) >= 11 is 0. The highest BCUT2D eigenvalue weighted by Crippen LogP contribution is 2.61. The van der Waals surface area contributed by atoms with E-state index in [0.29, 0.717) is 18.4 Å². The van der Waals surface area contributed by atoms with Crippen molar-refractivity contribution < 1.29 is 29.3 Å². The first-order valence-electron chi connectivity index (χ1n) is 10.4. The Labute approximate surface area is 184 Å². The van der Waals surface area contributed by atoms with Gasteiger partial charge in [0, 0.05) is 5.41 Å². The Bertz CT molecular complexity index is 724. The van der Waals surface area contributed by atoms with Crippen LogP contribution in [0.5, 0.6) is 0 Å². The van der Waals surface area contributed by atoms with Gasteiger partial charge in [-0.3, -0.25) is 4.79 Å². The molecular weight excluding hydrogens is 410 g/mol. The number of aliphatic hydroxyl groups excluding tert-OH is 2. The second-order valence-electron chi connectivity index (χ2n) is 9.20. The molecule has 170 valence electrons. The summed E-state index contributed by atoms with van der Waals surface area (Å²) in [5.41, 5.74) is 6.09. The quantitative estimate of drug-likeness (QED) is 0.337. The van der Waals surface area contributed by atoms with E-state index in [-0.39, 0.29) is 49.4 Å². The second-order valence-corrected chi connectivity index (χ2v) is 9.20. The van der Waals surface area contributed by atoms with Gasteiger partial charge >= 0.3 is 11.9 Å². The van der Waals surface area contributed by atoms with E-state index in [9.17, 15) is 19.8 Å². The van der Waals surface area contributed by atoms with Gasteiger partial charge in [0.05, 0.1) is 24.8 Å². The fourth-order valence-corrected chi connectivity index (χ4v) is 5.86. The third kappa shape index (κ3) is 4.17. The van der Waals surface area contributed by atoms with Crippen LogP contribution in [0.1, 0.15) is 46.0 Å². The minimum Gasteiger partial charge on any atom is -0.458 e. The molecule has 4 N–H and O–H groups in total. The summed E-state index contributed by atoms with van der Waals surface area (Å²) in [6.45, 7) is 8.18. The van der Waals surface area contributed by atoms with Crippen molar-refractivity contribution in [1.29, 1.82) is 0 Å². The highest BCUT2D eigenvalue weighted by molar-refractivity contribution is 5.92. The molecule has 1 heterocycles. The topological polar surface area (TPSA) is 119 Å². The predicted molar refractivity (Wildman–Crippen MR) is 114 cm³/mol. The van der Waals surface area contributed by atoms with E-state index in [1.54, 1.807) is 0 Å². The van der Waals surface area contributed by atoms with Crippen LogP contribution in [0.15, 0.2) is 23.8 Å². The number of ether oxygens (including phenoxy) is 2. The SMILES string of the molecule is C=C1CC[C@@H]2[C@](C)(CO)[C@H](O)CC[C@@]2(C)[C@@H]1C/C=C1/C(=O)OC[C@H]1OC(=O)CN.Cl. The lowest BCUT2D eigenvalue weighted by molar-refractivity contribution is -0.151. The van der Waals surface area contributed by atoms with E-state index in [0.717, 1.165) is 24.8 Å². The van der Waals surface area contributed by atoms with Crippen molar-refractivity contribution >= 4 is 24.3 Å². The lowest BCUT2D eigenvalue weighted by atomic mass is 9.46. The number of aliphatic hydroxyl groups is 2. The molecule has 3 aliphatic rings. The number of nitrogens with two attached hydrogens (primary N) is 1. The zero-order valence-corrected chi connectivity index (χ0v) is 18.6. The molecule has 0 radical (unpaired) electrons. The zero-order valence-electron chi connectivity index (χ0n) is 17.8. The van der Waals surface area contributed by atoms with E-state index in [2.05, 4.69) is 13.5 Å². The predicted octanol–water partition coefficient (Wildman–Crippen LogP) is 1.89. The summed E-state index contributed by atoms with van der Waals surface area (Å²) in [5, 5.41) is 20.7. The normalized spacial score (nSPS) is 39.8. The van der Waals surface area contributed by atoms with E-state index >= 15 is 0 Å². The minimum atomic E-state index is -0.727. The van der Waals surface area contributed by atoms with E-state index in [1.165, 1.54) is 0 Å². The van der Waals surface area contributed by atoms with Crippen molar-refractivity contribution in [3.05, 3.63) is 23.8 Å². The van der Waals surface area contributed by atoms with Gasteiger partial charge in [-0.1, -0.05) is 32.1 Å². The van der Waals surface area contributed by atoms with Crippen LogP contribution in [0, 0.1) is 22.7 Å². The van der Waals surface area contributed by atoms with Crippen molar-refractivity contribution in [3.8, 4) is 0 Å². The highest BCUT2D eigenvalue weighted by Gasteiger charge is 2.57. The summed E-state index contributed by atoms with van der Waals surface area (Å²) in [7, 11) is 0. The third-order valence-corrected chi connectivity index (χ3v) is 7.66. The third-order valence-electron chi connectivity index (χ3n) is 7.66. The van der Waals surface area contributed by atoms with Crippen LogP contribution in [0.4, 0.5) is 0 Å². The molecule has 2 aliphatic carbocycles. The highest BCUT2D eigenvalue weighted by atomic mass is 35.5. The lowest BCUT2D eigenvalue weighted by Crippen LogP contribution is -2.57. The molecule has 0 bridgehead atoms. The van der Waals surface area contributed by atoms with Gasteiger partial charge in [-0.2, -0.15) is 0 Å². The molecule has 0 aromatic carbocycles. The Morgan fingerprint density at radius 3 is 2.73 bits per heavy atom. The Kier molecular flexibility index (Phi) is 7.78. The molecule has 3 rings (SSSR count). The molecule has 1 aliphatic heterocycles. The number of esters is 2. The maximum absolute atomic E-state index is 12.2. The van der Waals surface area contributed by atoms with Crippen LogP contribution in [-0.2, 0) is 19.1 Å². The fourth-order valence-electron chi connectivity index (χ4n) is 5.86. The van der Waals surface area contributed by atoms with Crippen LogP contribution >= 0.6 is 12.4 Å². The number of carbonyl (C=O) groups excluding carboxylic acids is 2. The summed E-state index contributed by atoms with van der Waals surface area (Å²) in [5.74, 6) is -0.791. The van der Waals surface area contributed by atoms with Crippen molar-refractivity contribution in [3.63, 3.8) is 0 Å². The van der Waals surface area contributed by atoms with Crippen LogP contribution < -0.4 is 5.73 Å². The van der Waals surface area contributed by atoms with Crippen LogP contribution in [-0.4, -0.2) is 54.1 Å². The number of fused-ring (bicyclic) bond motifs is 1. The number of carbonyl (C=O) groups is 2. The number of halogens is 1. The Hall–Kier alpha value is -1.41. The van der Waals surface area contributed by atoms with Crippen LogP contribution in [0.2, 0.25) is 0 Å². The molecule has 0 amide bonds. The van der Waals surface area contributed by atoms with Gasteiger partial charge in [-0.05, 0) is 49.4 Å². The molecule has 2 saturated carbocycles. The smallest absolute Gasteiger partial charge is 0.337 e. The molecule has 1 saturated heterocycles. The van der Waals surface area contributed by atoms with Gasteiger partial charge in [0.2, 0.25) is 0 Å². The Morgan fingerprint density at radius 2 is 2.10 bits per heavy atom. The monoisotopic (exact) mass is 443 g/mol. The molecule has 0 unspecified atom stereocenters. The molecule has 7 nitrogen and oxygen atoms in total. The second kappa shape index (κ2) is 9.39. The van der Waals surface area contributed by atoms with Gasteiger partial charge in [-0.25, -0.2) is 4.79 Å². The molecule has 3 fully saturated rings. The molecule has 30 heavy (non-hydrogen) atoms. The summed E-state index contributed by atoms with van der Waals surface area (Å²) in [6, 6.07) is 0. The standard InChI is InChI=1S/C22H33NO6.ClH/c1-13-4-7-17-21(2,9-8-18(25)22(17,3)12-24)15(13)6-5-14-16(11-28-20(14)27)29-19(26)10-23;/h5,15-18,24-25H,1,4,6-12,23H2,2-3H3;1H/b14-5+;/t15-,16-,17+,18-,21+,22+;/m1./s1. The van der Waals surface area contributed by atoms with Gasteiger partial charge in [0.1, 0.15) is 6.61 Å².